The van der Waals surface area contributed by atoms with Gasteiger partial charge in [0.2, 0.25) is 5.75 Å². The van der Waals surface area contributed by atoms with Crippen LogP contribution in [0, 0.1) is 5.21 Å². The maximum absolute atomic E-state index is 11.5. The fraction of sp³-hybridized carbons (Fsp3) is 0.545. The first-order valence-electron chi connectivity index (χ1n) is 5.36. The molecule has 84 valence electrons. The molecule has 0 saturated carbocycles. The van der Waals surface area contributed by atoms with Gasteiger partial charge in [-0.1, -0.05) is 13.8 Å². The molecule has 0 saturated heterocycles. The molecule has 0 aromatic carbocycles. The zero-order valence-electron chi connectivity index (χ0n) is 9.31. The molecule has 0 amide bonds. The molecular weight excluding hydrogens is 192 g/mol. The summed E-state index contributed by atoms with van der Waals surface area (Å²) in [6.07, 6.45) is 3.32. The van der Waals surface area contributed by atoms with Crippen molar-refractivity contribution in [2.75, 3.05) is 18.0 Å². The van der Waals surface area contributed by atoms with Crippen molar-refractivity contribution in [3.05, 3.63) is 23.5 Å². The van der Waals surface area contributed by atoms with E-state index in [1.807, 2.05) is 4.90 Å². The summed E-state index contributed by atoms with van der Waals surface area (Å²) >= 11 is 0. The fourth-order valence-electron chi connectivity index (χ4n) is 1.64. The lowest BCUT2D eigenvalue weighted by Crippen LogP contribution is -2.38. The Morgan fingerprint density at radius 3 is 2.40 bits per heavy atom. The molecule has 0 aliphatic heterocycles. The predicted molar refractivity (Wildman–Crippen MR) is 59.9 cm³/mol. The van der Waals surface area contributed by atoms with Gasteiger partial charge in [-0.15, -0.1) is 0 Å². The van der Waals surface area contributed by atoms with E-state index in [2.05, 4.69) is 13.8 Å². The van der Waals surface area contributed by atoms with Gasteiger partial charge in [0.15, 0.2) is 0 Å². The molecule has 1 aromatic rings. The fourth-order valence-corrected chi connectivity index (χ4v) is 1.64. The van der Waals surface area contributed by atoms with E-state index in [0.717, 1.165) is 30.7 Å². The molecule has 0 spiro atoms. The molecule has 4 heteroatoms. The van der Waals surface area contributed by atoms with Crippen molar-refractivity contribution >= 4 is 5.82 Å². The Kier molecular flexibility index (Phi) is 4.21. The van der Waals surface area contributed by atoms with E-state index in [-0.39, 0.29) is 5.75 Å². The molecule has 0 aliphatic carbocycles. The van der Waals surface area contributed by atoms with Crippen LogP contribution in [0.4, 0.5) is 5.82 Å². The minimum absolute atomic E-state index is 0.0504. The van der Waals surface area contributed by atoms with Gasteiger partial charge in [0.25, 0.3) is 0 Å². The molecule has 0 aliphatic rings. The van der Waals surface area contributed by atoms with Gasteiger partial charge in [0, 0.05) is 0 Å². The van der Waals surface area contributed by atoms with Crippen LogP contribution in [0.2, 0.25) is 0 Å². The smallest absolute Gasteiger partial charge is 0.322 e. The second-order valence-electron chi connectivity index (χ2n) is 3.53. The molecule has 4 nitrogen and oxygen atoms in total. The summed E-state index contributed by atoms with van der Waals surface area (Å²) < 4.78 is 0.723. The maximum atomic E-state index is 11.5. The van der Waals surface area contributed by atoms with Crippen LogP contribution in [0.1, 0.15) is 26.7 Å². The second kappa shape index (κ2) is 5.44. The first-order valence-corrected chi connectivity index (χ1v) is 5.36. The summed E-state index contributed by atoms with van der Waals surface area (Å²) in [4.78, 5) is 1.92. The van der Waals surface area contributed by atoms with Gasteiger partial charge < -0.3 is 10.3 Å². The van der Waals surface area contributed by atoms with Crippen LogP contribution in [0.15, 0.2) is 18.3 Å². The number of anilines is 1. The number of hydrogen-bond acceptors (Lipinski definition) is 3. The molecule has 1 aromatic heterocycles. The van der Waals surface area contributed by atoms with Crippen molar-refractivity contribution in [3.63, 3.8) is 0 Å². The molecule has 0 atom stereocenters. The van der Waals surface area contributed by atoms with E-state index >= 15 is 0 Å². The van der Waals surface area contributed by atoms with Crippen molar-refractivity contribution in [1.29, 1.82) is 0 Å². The summed E-state index contributed by atoms with van der Waals surface area (Å²) in [5.41, 5.74) is 0. The van der Waals surface area contributed by atoms with Gasteiger partial charge in [0.1, 0.15) is 0 Å². The van der Waals surface area contributed by atoms with E-state index in [4.69, 9.17) is 0 Å². The van der Waals surface area contributed by atoms with Crippen LogP contribution in [0.3, 0.4) is 0 Å². The molecule has 0 radical (unpaired) electrons. The van der Waals surface area contributed by atoms with Crippen LogP contribution in [0.25, 0.3) is 0 Å². The van der Waals surface area contributed by atoms with Crippen molar-refractivity contribution in [1.82, 2.24) is 0 Å². The standard InChI is InChI=1S/C11H18N2O2/c1-3-7-12(8-4-2)11-10(14)6-5-9-13(11)15/h5-6,9,14H,3-4,7-8H2,1-2H3. The van der Waals surface area contributed by atoms with E-state index in [9.17, 15) is 10.3 Å². The Morgan fingerprint density at radius 1 is 1.33 bits per heavy atom. The van der Waals surface area contributed by atoms with Gasteiger partial charge in [0.05, 0.1) is 19.3 Å². The number of nitrogens with zero attached hydrogens (tertiary/aromatic N) is 2. The largest absolute Gasteiger partial charge is 0.711 e. The Hall–Kier alpha value is -1.45. The van der Waals surface area contributed by atoms with Gasteiger partial charge in [-0.25, -0.2) is 4.73 Å². The van der Waals surface area contributed by atoms with Crippen LogP contribution < -0.4 is 9.63 Å². The molecule has 1 N–H and O–H groups in total. The topological polar surface area (TPSA) is 50.4 Å². The number of rotatable bonds is 5. The quantitative estimate of drug-likeness (QED) is 0.594. The van der Waals surface area contributed by atoms with Crippen molar-refractivity contribution in [3.8, 4) is 5.75 Å². The molecule has 0 bridgehead atoms. The first kappa shape index (κ1) is 11.6. The lowest BCUT2D eigenvalue weighted by Gasteiger charge is -2.20. The minimum Gasteiger partial charge on any atom is -0.711 e. The predicted octanol–water partition coefficient (Wildman–Crippen LogP) is 1.65. The molecule has 0 fully saturated rings. The highest BCUT2D eigenvalue weighted by Gasteiger charge is 2.19. The Morgan fingerprint density at radius 2 is 1.93 bits per heavy atom. The third-order valence-corrected chi connectivity index (χ3v) is 2.20. The van der Waals surface area contributed by atoms with Gasteiger partial charge >= 0.3 is 5.82 Å². The molecule has 15 heavy (non-hydrogen) atoms. The van der Waals surface area contributed by atoms with E-state index in [0.29, 0.717) is 5.82 Å². The van der Waals surface area contributed by atoms with Gasteiger partial charge in [-0.05, 0) is 25.0 Å². The van der Waals surface area contributed by atoms with E-state index in [1.165, 1.54) is 6.20 Å². The highest BCUT2D eigenvalue weighted by atomic mass is 16.5. The van der Waals surface area contributed by atoms with Crippen molar-refractivity contribution < 1.29 is 9.84 Å². The summed E-state index contributed by atoms with van der Waals surface area (Å²) in [5.74, 6) is 0.413. The first-order chi connectivity index (χ1) is 7.20. The molecule has 1 rings (SSSR count). The number of aromatic hydroxyl groups is 1. The second-order valence-corrected chi connectivity index (χ2v) is 3.53. The number of pyridine rings is 1. The Balaban J connectivity index is 2.98. The molecular formula is C11H18N2O2. The monoisotopic (exact) mass is 210 g/mol. The molecule has 1 heterocycles. The van der Waals surface area contributed by atoms with Crippen LogP contribution in [0.5, 0.6) is 5.75 Å². The van der Waals surface area contributed by atoms with Gasteiger partial charge in [-0.3, -0.25) is 4.90 Å². The average molecular weight is 210 g/mol. The maximum Gasteiger partial charge on any atom is 0.322 e. The summed E-state index contributed by atoms with van der Waals surface area (Å²) in [7, 11) is 0. The summed E-state index contributed by atoms with van der Waals surface area (Å²) in [6.45, 7) is 5.68. The lowest BCUT2D eigenvalue weighted by atomic mass is 10.3. The minimum atomic E-state index is 0.0504. The SMILES string of the molecule is CCCN(CCC)c1c(O)ccc[n+]1[O-]. The van der Waals surface area contributed by atoms with Crippen LogP contribution in [-0.2, 0) is 0 Å². The van der Waals surface area contributed by atoms with Crippen LogP contribution in [-0.4, -0.2) is 18.2 Å². The van der Waals surface area contributed by atoms with Crippen LogP contribution >= 0.6 is 0 Å². The van der Waals surface area contributed by atoms with Crippen molar-refractivity contribution in [2.45, 2.75) is 26.7 Å². The highest BCUT2D eigenvalue weighted by Crippen LogP contribution is 2.22. The summed E-state index contributed by atoms with van der Waals surface area (Å²) in [6, 6.07) is 3.09. The normalized spacial score (nSPS) is 10.3. The highest BCUT2D eigenvalue weighted by molar-refractivity contribution is 5.46. The Bertz CT molecular complexity index is 289. The zero-order valence-corrected chi connectivity index (χ0v) is 9.31. The Labute approximate surface area is 90.4 Å². The number of aromatic nitrogens is 1. The van der Waals surface area contributed by atoms with E-state index < -0.39 is 0 Å². The zero-order chi connectivity index (χ0) is 11.3. The molecule has 0 unspecified atom stereocenters. The van der Waals surface area contributed by atoms with Crippen molar-refractivity contribution in [2.24, 2.45) is 0 Å². The lowest BCUT2D eigenvalue weighted by molar-refractivity contribution is -0.592. The number of hydrogen-bond donors (Lipinski definition) is 1. The summed E-state index contributed by atoms with van der Waals surface area (Å²) in [5, 5.41) is 21.2. The third-order valence-electron chi connectivity index (χ3n) is 2.20. The third kappa shape index (κ3) is 2.75. The average Bonchev–Trinajstić information content (AvgIpc) is 2.18. The van der Waals surface area contributed by atoms with Gasteiger partial charge in [-0.2, -0.15) is 0 Å². The van der Waals surface area contributed by atoms with E-state index in [1.54, 1.807) is 12.1 Å².